The summed E-state index contributed by atoms with van der Waals surface area (Å²) in [4.78, 5) is 39.2. The maximum Gasteiger partial charge on any atom is 0.282 e. The van der Waals surface area contributed by atoms with Gasteiger partial charge >= 0.3 is 0 Å². The number of aromatic hydroxyl groups is 1. The van der Waals surface area contributed by atoms with Gasteiger partial charge in [0.1, 0.15) is 36.4 Å². The van der Waals surface area contributed by atoms with Gasteiger partial charge in [0.05, 0.1) is 6.04 Å². The maximum atomic E-state index is 13.8. The van der Waals surface area contributed by atoms with Crippen LogP contribution in [0.1, 0.15) is 26.4 Å². The van der Waals surface area contributed by atoms with Crippen LogP contribution in [0, 0.1) is 17.5 Å². The Hall–Kier alpha value is -4.09. The Morgan fingerprint density at radius 3 is 2.52 bits per heavy atom. The highest BCUT2D eigenvalue weighted by Crippen LogP contribution is 2.27. The first-order valence-corrected chi connectivity index (χ1v) is 9.56. The molecule has 2 bridgehead atoms. The lowest BCUT2D eigenvalue weighted by atomic mass is 10.1. The quantitative estimate of drug-likeness (QED) is 0.672. The van der Waals surface area contributed by atoms with E-state index in [-0.39, 0.29) is 12.4 Å². The Morgan fingerprint density at radius 1 is 1.21 bits per heavy atom. The van der Waals surface area contributed by atoms with E-state index in [0.29, 0.717) is 12.1 Å². The van der Waals surface area contributed by atoms with Crippen LogP contribution in [-0.4, -0.2) is 45.9 Å². The summed E-state index contributed by atoms with van der Waals surface area (Å²) >= 11 is 0. The average molecular weight is 464 g/mol. The standard InChI is InChI=1S/C21H16F4N4O4/c1-10-2-3-12(6-22)29-9-27(10)21(33)17-19(31)18(30)14(8-28(17)29)20(32)26-7-13-15(24)4-11(23)5-16(13)25/h2-5,8,12,31H,1,6-7,9H2,(H,26,32)/t12-/m0/s1. The van der Waals surface area contributed by atoms with E-state index in [4.69, 9.17) is 0 Å². The summed E-state index contributed by atoms with van der Waals surface area (Å²) in [5.74, 6) is -6.62. The number of carbonyl (C=O) groups is 2. The van der Waals surface area contributed by atoms with Gasteiger partial charge in [-0.2, -0.15) is 0 Å². The second kappa shape index (κ2) is 8.11. The molecule has 1 atom stereocenters. The van der Waals surface area contributed by atoms with Gasteiger partial charge in [-0.1, -0.05) is 12.7 Å². The molecule has 0 aliphatic carbocycles. The Labute approximate surface area is 183 Å². The van der Waals surface area contributed by atoms with Gasteiger partial charge in [-0.3, -0.25) is 29.0 Å². The van der Waals surface area contributed by atoms with E-state index in [9.17, 15) is 37.1 Å². The summed E-state index contributed by atoms with van der Waals surface area (Å²) in [5.41, 5.74) is -2.81. The van der Waals surface area contributed by atoms with Crippen LogP contribution in [0.25, 0.3) is 0 Å². The van der Waals surface area contributed by atoms with E-state index in [2.05, 4.69) is 11.9 Å². The number of hydrogen-bond donors (Lipinski definition) is 2. The Morgan fingerprint density at radius 2 is 1.88 bits per heavy atom. The van der Waals surface area contributed by atoms with Gasteiger partial charge in [0.2, 0.25) is 5.43 Å². The minimum Gasteiger partial charge on any atom is -0.502 e. The fraction of sp³-hybridized carbons (Fsp3) is 0.190. The van der Waals surface area contributed by atoms with Crippen LogP contribution >= 0.6 is 0 Å². The smallest absolute Gasteiger partial charge is 0.282 e. The highest BCUT2D eigenvalue weighted by molar-refractivity contribution is 6.00. The number of nitrogens with zero attached hydrogens (tertiary/aromatic N) is 3. The van der Waals surface area contributed by atoms with Crippen LogP contribution < -0.4 is 15.8 Å². The zero-order chi connectivity index (χ0) is 24.0. The molecule has 0 saturated heterocycles. The molecule has 0 fully saturated rings. The number of aromatic nitrogens is 1. The number of carbonyl (C=O) groups excluding carboxylic acids is 2. The number of amides is 2. The third kappa shape index (κ3) is 3.62. The Kier molecular flexibility index (Phi) is 5.44. The van der Waals surface area contributed by atoms with Crippen LogP contribution in [-0.2, 0) is 6.54 Å². The van der Waals surface area contributed by atoms with Crippen molar-refractivity contribution in [1.82, 2.24) is 14.9 Å². The summed E-state index contributed by atoms with van der Waals surface area (Å²) in [6.45, 7) is 1.90. The molecular formula is C21H16F4N4O4. The van der Waals surface area contributed by atoms with E-state index in [0.717, 1.165) is 15.8 Å². The molecule has 1 aromatic heterocycles. The third-order valence-electron chi connectivity index (χ3n) is 5.35. The number of pyridine rings is 1. The van der Waals surface area contributed by atoms with E-state index in [1.807, 2.05) is 0 Å². The predicted octanol–water partition coefficient (Wildman–Crippen LogP) is 1.67. The molecule has 2 N–H and O–H groups in total. The van der Waals surface area contributed by atoms with E-state index >= 15 is 0 Å². The van der Waals surface area contributed by atoms with Crippen molar-refractivity contribution < 1.29 is 32.3 Å². The van der Waals surface area contributed by atoms with E-state index in [1.165, 1.54) is 17.2 Å². The minimum atomic E-state index is -1.24. The van der Waals surface area contributed by atoms with Crippen molar-refractivity contribution in [3.05, 3.63) is 87.3 Å². The molecule has 4 rings (SSSR count). The highest BCUT2D eigenvalue weighted by Gasteiger charge is 2.38. The number of alkyl halides is 1. The van der Waals surface area contributed by atoms with Gasteiger partial charge in [-0.15, -0.1) is 0 Å². The van der Waals surface area contributed by atoms with Gasteiger partial charge < -0.3 is 10.4 Å². The number of hydrogen-bond acceptors (Lipinski definition) is 5. The van der Waals surface area contributed by atoms with Gasteiger partial charge in [0, 0.05) is 36.1 Å². The summed E-state index contributed by atoms with van der Waals surface area (Å²) in [6, 6.07) is -0.0579. The minimum absolute atomic E-state index is 0.179. The Balaban J connectivity index is 1.73. The fourth-order valence-corrected chi connectivity index (χ4v) is 3.59. The zero-order valence-electron chi connectivity index (χ0n) is 16.8. The summed E-state index contributed by atoms with van der Waals surface area (Å²) in [7, 11) is 0. The van der Waals surface area contributed by atoms with Crippen molar-refractivity contribution in [3.8, 4) is 5.75 Å². The van der Waals surface area contributed by atoms with Crippen molar-refractivity contribution in [2.45, 2.75) is 12.6 Å². The van der Waals surface area contributed by atoms with Crippen LogP contribution in [0.2, 0.25) is 0 Å². The SMILES string of the molecule is C=C1C=C[C@@H](CF)N2CN1C(=O)c1c(O)c(=O)c(C(=O)NCc3c(F)cc(F)cc3F)cn12. The summed E-state index contributed by atoms with van der Waals surface area (Å²) < 4.78 is 55.4. The van der Waals surface area contributed by atoms with Crippen LogP contribution in [0.15, 0.2) is 47.6 Å². The number of benzene rings is 1. The molecule has 12 heteroatoms. The molecule has 2 aliphatic rings. The van der Waals surface area contributed by atoms with Crippen molar-refractivity contribution in [2.24, 2.45) is 0 Å². The highest BCUT2D eigenvalue weighted by atomic mass is 19.1. The third-order valence-corrected chi connectivity index (χ3v) is 5.35. The Bertz CT molecular complexity index is 1270. The second-order valence-electron chi connectivity index (χ2n) is 7.33. The molecule has 8 nitrogen and oxygen atoms in total. The summed E-state index contributed by atoms with van der Waals surface area (Å²) in [5, 5.41) is 13.9. The molecule has 2 aromatic rings. The largest absolute Gasteiger partial charge is 0.502 e. The lowest BCUT2D eigenvalue weighted by molar-refractivity contribution is 0.0746. The molecule has 33 heavy (non-hydrogen) atoms. The van der Waals surface area contributed by atoms with Gasteiger partial charge in [0.25, 0.3) is 11.8 Å². The molecule has 172 valence electrons. The first-order chi connectivity index (χ1) is 15.6. The predicted molar refractivity (Wildman–Crippen MR) is 107 cm³/mol. The molecule has 0 spiro atoms. The number of fused-ring (bicyclic) bond motifs is 4. The molecular weight excluding hydrogens is 448 g/mol. The normalized spacial score (nSPS) is 17.2. The van der Waals surface area contributed by atoms with Gasteiger partial charge in [-0.05, 0) is 6.08 Å². The van der Waals surface area contributed by atoms with Crippen LogP contribution in [0.4, 0.5) is 17.6 Å². The fourth-order valence-electron chi connectivity index (χ4n) is 3.59. The second-order valence-corrected chi connectivity index (χ2v) is 7.33. The zero-order valence-corrected chi connectivity index (χ0v) is 16.8. The number of rotatable bonds is 4. The number of nitrogens with one attached hydrogen (secondary N) is 1. The molecule has 1 aromatic carbocycles. The van der Waals surface area contributed by atoms with Crippen molar-refractivity contribution >= 4 is 11.8 Å². The average Bonchev–Trinajstić information content (AvgIpc) is 2.90. The van der Waals surface area contributed by atoms with Crippen LogP contribution in [0.3, 0.4) is 0 Å². The molecule has 0 unspecified atom stereocenters. The number of halogens is 4. The van der Waals surface area contributed by atoms with Gasteiger partial charge in [0.15, 0.2) is 11.4 Å². The lowest BCUT2D eigenvalue weighted by Gasteiger charge is -2.40. The van der Waals surface area contributed by atoms with Crippen molar-refractivity contribution in [3.63, 3.8) is 0 Å². The van der Waals surface area contributed by atoms with Crippen molar-refractivity contribution in [2.75, 3.05) is 18.4 Å². The van der Waals surface area contributed by atoms with E-state index in [1.54, 1.807) is 0 Å². The molecule has 2 amide bonds. The molecule has 0 saturated carbocycles. The van der Waals surface area contributed by atoms with Gasteiger partial charge in [-0.25, -0.2) is 17.6 Å². The molecule has 0 radical (unpaired) electrons. The van der Waals surface area contributed by atoms with Crippen molar-refractivity contribution in [1.29, 1.82) is 0 Å². The monoisotopic (exact) mass is 464 g/mol. The first kappa shape index (κ1) is 22.1. The van der Waals surface area contributed by atoms with E-state index < -0.39 is 76.5 Å². The first-order valence-electron chi connectivity index (χ1n) is 9.56. The maximum absolute atomic E-state index is 13.8. The topological polar surface area (TPSA) is 94.9 Å². The molecule has 2 aliphatic heterocycles. The summed E-state index contributed by atoms with van der Waals surface area (Å²) in [6.07, 6.45) is 3.78. The molecule has 3 heterocycles. The van der Waals surface area contributed by atoms with Crippen LogP contribution in [0.5, 0.6) is 5.75 Å². The number of allylic oxidation sites excluding steroid dienone is 1. The lowest BCUT2D eigenvalue weighted by Crippen LogP contribution is -2.56.